The molecule has 3 N–H and O–H groups in total. The second kappa shape index (κ2) is 4.47. The van der Waals surface area contributed by atoms with Crippen LogP contribution in [-0.2, 0) is 0 Å². The van der Waals surface area contributed by atoms with Crippen molar-refractivity contribution in [2.75, 3.05) is 0 Å². The molecular formula is C12H19NO. The van der Waals surface area contributed by atoms with Crippen molar-refractivity contribution in [2.24, 2.45) is 5.73 Å². The maximum atomic E-state index is 9.84. The molecule has 0 aliphatic carbocycles. The van der Waals surface area contributed by atoms with E-state index in [1.54, 1.807) is 0 Å². The molecule has 2 heteroatoms. The molecule has 14 heavy (non-hydrogen) atoms. The minimum atomic E-state index is -0.0430. The number of hydrogen-bond donors (Lipinski definition) is 2. The first-order valence-corrected chi connectivity index (χ1v) is 5.12. The third-order valence-electron chi connectivity index (χ3n) is 2.47. The van der Waals surface area contributed by atoms with E-state index in [0.717, 1.165) is 29.5 Å². The Morgan fingerprint density at radius 3 is 2.57 bits per heavy atom. The van der Waals surface area contributed by atoms with Gasteiger partial charge in [-0.1, -0.05) is 31.0 Å². The van der Waals surface area contributed by atoms with E-state index in [-0.39, 0.29) is 6.04 Å². The van der Waals surface area contributed by atoms with Crippen molar-refractivity contribution in [1.82, 2.24) is 0 Å². The van der Waals surface area contributed by atoms with Crippen LogP contribution in [0.1, 0.15) is 42.5 Å². The highest BCUT2D eigenvalue weighted by Crippen LogP contribution is 2.29. The quantitative estimate of drug-likeness (QED) is 0.775. The summed E-state index contributed by atoms with van der Waals surface area (Å²) in [4.78, 5) is 0. The number of nitrogens with two attached hydrogens (primary N) is 1. The lowest BCUT2D eigenvalue weighted by molar-refractivity contribution is 0.453. The summed E-state index contributed by atoms with van der Waals surface area (Å²) < 4.78 is 0. The van der Waals surface area contributed by atoms with Crippen molar-refractivity contribution in [2.45, 2.75) is 39.7 Å². The van der Waals surface area contributed by atoms with Gasteiger partial charge in [-0.25, -0.2) is 0 Å². The molecule has 0 saturated carbocycles. The van der Waals surface area contributed by atoms with Crippen LogP contribution in [0.4, 0.5) is 0 Å². The molecular weight excluding hydrogens is 174 g/mol. The maximum absolute atomic E-state index is 9.84. The van der Waals surface area contributed by atoms with Crippen LogP contribution in [-0.4, -0.2) is 5.11 Å². The van der Waals surface area contributed by atoms with Gasteiger partial charge in [0.25, 0.3) is 0 Å². The first kappa shape index (κ1) is 11.1. The number of aryl methyl sites for hydroxylation is 2. The van der Waals surface area contributed by atoms with Crippen LogP contribution in [0.3, 0.4) is 0 Å². The van der Waals surface area contributed by atoms with Crippen LogP contribution in [0, 0.1) is 13.8 Å². The summed E-state index contributed by atoms with van der Waals surface area (Å²) in [7, 11) is 0. The van der Waals surface area contributed by atoms with Crippen LogP contribution < -0.4 is 5.73 Å². The Kier molecular flexibility index (Phi) is 3.53. The first-order valence-electron chi connectivity index (χ1n) is 5.12. The summed E-state index contributed by atoms with van der Waals surface area (Å²) in [6, 6.07) is 3.90. The fraction of sp³-hybridized carbons (Fsp3) is 0.500. The van der Waals surface area contributed by atoms with Gasteiger partial charge in [0.15, 0.2) is 0 Å². The van der Waals surface area contributed by atoms with Crippen molar-refractivity contribution in [3.8, 4) is 5.75 Å². The van der Waals surface area contributed by atoms with E-state index in [1.165, 1.54) is 0 Å². The molecule has 1 aromatic rings. The number of phenols is 1. The smallest absolute Gasteiger partial charge is 0.123 e. The Morgan fingerprint density at radius 1 is 1.36 bits per heavy atom. The van der Waals surface area contributed by atoms with E-state index in [0.29, 0.717) is 5.75 Å². The van der Waals surface area contributed by atoms with Gasteiger partial charge in [0, 0.05) is 11.6 Å². The number of phenolic OH excluding ortho intramolecular Hbond substituents is 1. The molecule has 0 aromatic heterocycles. The predicted octanol–water partition coefficient (Wildman–Crippen LogP) is 2.81. The summed E-state index contributed by atoms with van der Waals surface area (Å²) in [6.07, 6.45) is 1.95. The average molecular weight is 193 g/mol. The number of rotatable bonds is 3. The lowest BCUT2D eigenvalue weighted by Crippen LogP contribution is -2.10. The average Bonchev–Trinajstić information content (AvgIpc) is 2.11. The van der Waals surface area contributed by atoms with Crippen molar-refractivity contribution >= 4 is 0 Å². The standard InChI is InChI=1S/C12H19NO/c1-4-5-11(13)10-7-8(2)6-9(3)12(10)14/h6-7,11,14H,4-5,13H2,1-3H3/t11-/m1/s1. The molecule has 2 nitrogen and oxygen atoms in total. The summed E-state index contributed by atoms with van der Waals surface area (Å²) >= 11 is 0. The third-order valence-corrected chi connectivity index (χ3v) is 2.47. The zero-order valence-corrected chi connectivity index (χ0v) is 9.17. The zero-order chi connectivity index (χ0) is 10.7. The third kappa shape index (κ3) is 2.26. The largest absolute Gasteiger partial charge is 0.507 e. The molecule has 1 atom stereocenters. The molecule has 0 amide bonds. The van der Waals surface area contributed by atoms with E-state index in [4.69, 9.17) is 5.73 Å². The van der Waals surface area contributed by atoms with Crippen LogP contribution in [0.5, 0.6) is 5.75 Å². The molecule has 0 unspecified atom stereocenters. The summed E-state index contributed by atoms with van der Waals surface area (Å²) in [6.45, 7) is 6.03. The normalized spacial score (nSPS) is 12.9. The molecule has 0 aliphatic rings. The highest BCUT2D eigenvalue weighted by molar-refractivity contribution is 5.44. The van der Waals surface area contributed by atoms with Crippen molar-refractivity contribution < 1.29 is 5.11 Å². The molecule has 0 radical (unpaired) electrons. The van der Waals surface area contributed by atoms with Crippen molar-refractivity contribution in [3.63, 3.8) is 0 Å². The zero-order valence-electron chi connectivity index (χ0n) is 9.17. The van der Waals surface area contributed by atoms with Gasteiger partial charge in [0.05, 0.1) is 0 Å². The maximum Gasteiger partial charge on any atom is 0.123 e. The van der Waals surface area contributed by atoms with Crippen molar-refractivity contribution in [3.05, 3.63) is 28.8 Å². The van der Waals surface area contributed by atoms with E-state index >= 15 is 0 Å². The first-order chi connectivity index (χ1) is 6.56. The second-order valence-electron chi connectivity index (χ2n) is 3.91. The van der Waals surface area contributed by atoms with Gasteiger partial charge in [0.1, 0.15) is 5.75 Å². The van der Waals surface area contributed by atoms with Crippen LogP contribution >= 0.6 is 0 Å². The molecule has 0 spiro atoms. The Bertz CT molecular complexity index is 320. The minimum Gasteiger partial charge on any atom is -0.507 e. The number of aromatic hydroxyl groups is 1. The summed E-state index contributed by atoms with van der Waals surface area (Å²) in [5.74, 6) is 0.358. The van der Waals surface area contributed by atoms with Crippen LogP contribution in [0.25, 0.3) is 0 Å². The fourth-order valence-electron chi connectivity index (χ4n) is 1.74. The van der Waals surface area contributed by atoms with Gasteiger partial charge in [-0.2, -0.15) is 0 Å². The minimum absolute atomic E-state index is 0.0430. The molecule has 0 saturated heterocycles. The fourth-order valence-corrected chi connectivity index (χ4v) is 1.74. The number of benzene rings is 1. The van der Waals surface area contributed by atoms with Gasteiger partial charge >= 0.3 is 0 Å². The predicted molar refractivity (Wildman–Crippen MR) is 59.4 cm³/mol. The van der Waals surface area contributed by atoms with Gasteiger partial charge in [-0.15, -0.1) is 0 Å². The SMILES string of the molecule is CCC[C@@H](N)c1cc(C)cc(C)c1O. The highest BCUT2D eigenvalue weighted by atomic mass is 16.3. The Hall–Kier alpha value is -1.02. The van der Waals surface area contributed by atoms with Gasteiger partial charge < -0.3 is 10.8 Å². The molecule has 1 aromatic carbocycles. The lowest BCUT2D eigenvalue weighted by atomic mass is 9.97. The lowest BCUT2D eigenvalue weighted by Gasteiger charge is -2.15. The Labute approximate surface area is 85.8 Å². The Balaban J connectivity index is 3.07. The molecule has 0 aliphatic heterocycles. The molecule has 1 rings (SSSR count). The highest BCUT2D eigenvalue weighted by Gasteiger charge is 2.12. The van der Waals surface area contributed by atoms with Crippen molar-refractivity contribution in [1.29, 1.82) is 0 Å². The topological polar surface area (TPSA) is 46.2 Å². The number of hydrogen-bond acceptors (Lipinski definition) is 2. The monoisotopic (exact) mass is 193 g/mol. The van der Waals surface area contributed by atoms with E-state index in [9.17, 15) is 5.11 Å². The Morgan fingerprint density at radius 2 is 2.00 bits per heavy atom. The summed E-state index contributed by atoms with van der Waals surface area (Å²) in [5, 5.41) is 9.84. The van der Waals surface area contributed by atoms with Crippen LogP contribution in [0.2, 0.25) is 0 Å². The van der Waals surface area contributed by atoms with E-state index in [2.05, 4.69) is 6.92 Å². The van der Waals surface area contributed by atoms with Crippen LogP contribution in [0.15, 0.2) is 12.1 Å². The molecule has 78 valence electrons. The second-order valence-corrected chi connectivity index (χ2v) is 3.91. The summed E-state index contributed by atoms with van der Waals surface area (Å²) in [5.41, 5.74) is 8.93. The molecule has 0 heterocycles. The van der Waals surface area contributed by atoms with E-state index < -0.39 is 0 Å². The van der Waals surface area contributed by atoms with Gasteiger partial charge in [-0.3, -0.25) is 0 Å². The molecule has 0 bridgehead atoms. The van der Waals surface area contributed by atoms with E-state index in [1.807, 2.05) is 26.0 Å². The molecule has 0 fully saturated rings. The van der Waals surface area contributed by atoms with Gasteiger partial charge in [0.2, 0.25) is 0 Å². The van der Waals surface area contributed by atoms with Gasteiger partial charge in [-0.05, 0) is 25.8 Å².